The Balaban J connectivity index is 1.48. The molecule has 1 aliphatic heterocycles. The zero-order chi connectivity index (χ0) is 20.6. The van der Waals surface area contributed by atoms with Gasteiger partial charge in [0.25, 0.3) is 17.7 Å². The van der Waals surface area contributed by atoms with E-state index in [1.54, 1.807) is 6.92 Å². The monoisotopic (exact) mass is 408 g/mol. The quantitative estimate of drug-likeness (QED) is 0.641. The molecule has 29 heavy (non-hydrogen) atoms. The van der Waals surface area contributed by atoms with Crippen molar-refractivity contribution in [3.63, 3.8) is 0 Å². The van der Waals surface area contributed by atoms with Crippen LogP contribution in [-0.4, -0.2) is 53.3 Å². The van der Waals surface area contributed by atoms with Crippen LogP contribution < -0.4 is 15.0 Å². The third-order valence-corrected chi connectivity index (χ3v) is 5.56. The summed E-state index contributed by atoms with van der Waals surface area (Å²) in [5.41, 5.74) is 0.0246. The predicted octanol–water partition coefficient (Wildman–Crippen LogP) is 2.60. The van der Waals surface area contributed by atoms with Crippen molar-refractivity contribution in [2.24, 2.45) is 11.8 Å². The molecule has 0 bridgehead atoms. The fourth-order valence-corrected chi connectivity index (χ4v) is 3.37. The third kappa shape index (κ3) is 5.00. The number of anilines is 1. The van der Waals surface area contributed by atoms with Gasteiger partial charge in [0, 0.05) is 6.42 Å². The van der Waals surface area contributed by atoms with Crippen molar-refractivity contribution < 1.29 is 23.1 Å². The summed E-state index contributed by atoms with van der Waals surface area (Å²) in [6.07, 6.45) is 6.53. The van der Waals surface area contributed by atoms with E-state index in [1.165, 1.54) is 11.1 Å². The first-order valence-electron chi connectivity index (χ1n) is 10.3. The van der Waals surface area contributed by atoms with Gasteiger partial charge in [0.05, 0.1) is 31.9 Å². The molecule has 3 aliphatic rings. The molecule has 3 fully saturated rings. The van der Waals surface area contributed by atoms with Gasteiger partial charge in [-0.3, -0.25) is 9.59 Å². The van der Waals surface area contributed by atoms with Crippen molar-refractivity contribution >= 4 is 17.5 Å². The van der Waals surface area contributed by atoms with Crippen LogP contribution in [-0.2, 0) is 4.79 Å². The Bertz CT molecular complexity index is 788. The van der Waals surface area contributed by atoms with Crippen LogP contribution in [0.3, 0.4) is 0 Å². The minimum atomic E-state index is -2.75. The molecule has 0 radical (unpaired) electrons. The SMILES string of the molecule is CCC(=O)[C@H](CC1CC1)NC(=O)c1cnc(N2CC(F)(F)C2)c(OCC2CC2)n1. The van der Waals surface area contributed by atoms with Crippen LogP contribution in [0.1, 0.15) is 55.9 Å². The molecule has 158 valence electrons. The zero-order valence-corrected chi connectivity index (χ0v) is 16.5. The minimum absolute atomic E-state index is 0.0113. The first kappa shape index (κ1) is 20.0. The molecule has 0 aromatic carbocycles. The molecule has 2 saturated carbocycles. The summed E-state index contributed by atoms with van der Waals surface area (Å²) in [5.74, 6) is -2.01. The molecule has 2 aliphatic carbocycles. The maximum atomic E-state index is 13.3. The molecule has 7 nitrogen and oxygen atoms in total. The average molecular weight is 408 g/mol. The zero-order valence-electron chi connectivity index (χ0n) is 16.5. The predicted molar refractivity (Wildman–Crippen MR) is 101 cm³/mol. The second-order valence-electron chi connectivity index (χ2n) is 8.38. The van der Waals surface area contributed by atoms with Crippen molar-refractivity contribution in [2.75, 3.05) is 24.6 Å². The number of halogens is 2. The molecule has 1 N–H and O–H groups in total. The van der Waals surface area contributed by atoms with Crippen molar-refractivity contribution in [1.29, 1.82) is 0 Å². The van der Waals surface area contributed by atoms with Crippen molar-refractivity contribution in [2.45, 2.75) is 57.4 Å². The average Bonchev–Trinajstić information content (AvgIpc) is 3.58. The minimum Gasteiger partial charge on any atom is -0.475 e. The molecule has 1 aromatic heterocycles. The number of ether oxygens (including phenoxy) is 1. The molecule has 1 amide bonds. The standard InChI is InChI=1S/C20H26F2N4O3/c1-2-16(27)14(7-12-3-4-12)24-18(28)15-8-23-17(26-10-20(21,22)11-26)19(25-15)29-9-13-5-6-13/h8,12-14H,2-7,9-11H2,1H3,(H,24,28)/t14-/m0/s1. The van der Waals surface area contributed by atoms with Crippen LogP contribution in [0.4, 0.5) is 14.6 Å². The number of ketones is 1. The number of carbonyl (C=O) groups excluding carboxylic acids is 2. The number of hydrogen-bond donors (Lipinski definition) is 1. The maximum absolute atomic E-state index is 13.3. The first-order valence-corrected chi connectivity index (χ1v) is 10.3. The molecule has 9 heteroatoms. The Morgan fingerprint density at radius 1 is 1.28 bits per heavy atom. The number of Topliss-reactive ketones (excluding diaryl/α,β-unsaturated/α-hetero) is 1. The van der Waals surface area contributed by atoms with Gasteiger partial charge in [-0.25, -0.2) is 18.7 Å². The molecule has 4 rings (SSSR count). The largest absolute Gasteiger partial charge is 0.475 e. The summed E-state index contributed by atoms with van der Waals surface area (Å²) in [7, 11) is 0. The van der Waals surface area contributed by atoms with Crippen LogP contribution in [0.5, 0.6) is 5.88 Å². The Kier molecular flexibility index (Phi) is 5.40. The van der Waals surface area contributed by atoms with E-state index in [2.05, 4.69) is 15.3 Å². The Hall–Kier alpha value is -2.32. The summed E-state index contributed by atoms with van der Waals surface area (Å²) in [4.78, 5) is 34.7. The molecule has 1 saturated heterocycles. The Morgan fingerprint density at radius 3 is 2.55 bits per heavy atom. The van der Waals surface area contributed by atoms with Gasteiger partial charge in [-0.05, 0) is 31.1 Å². The number of carbonyl (C=O) groups is 2. The van der Waals surface area contributed by atoms with E-state index in [0.717, 1.165) is 25.7 Å². The highest BCUT2D eigenvalue weighted by atomic mass is 19.3. The number of rotatable bonds is 10. The summed E-state index contributed by atoms with van der Waals surface area (Å²) in [6.45, 7) is 1.31. The molecular formula is C20H26F2N4O3. The smallest absolute Gasteiger partial charge is 0.282 e. The van der Waals surface area contributed by atoms with E-state index in [4.69, 9.17) is 4.74 Å². The normalized spacial score (nSPS) is 21.3. The Labute approximate surface area is 168 Å². The van der Waals surface area contributed by atoms with E-state index in [1.807, 2.05) is 0 Å². The second kappa shape index (κ2) is 7.84. The number of hydrogen-bond acceptors (Lipinski definition) is 6. The number of nitrogens with one attached hydrogen (secondary N) is 1. The number of amides is 1. The summed E-state index contributed by atoms with van der Waals surface area (Å²) < 4.78 is 32.3. The highest BCUT2D eigenvalue weighted by Gasteiger charge is 2.46. The van der Waals surface area contributed by atoms with Gasteiger partial charge in [-0.2, -0.15) is 0 Å². The van der Waals surface area contributed by atoms with E-state index in [-0.39, 0.29) is 23.2 Å². The molecule has 0 unspecified atom stereocenters. The lowest BCUT2D eigenvalue weighted by Crippen LogP contribution is -2.56. The van der Waals surface area contributed by atoms with Gasteiger partial charge < -0.3 is 15.0 Å². The van der Waals surface area contributed by atoms with E-state index >= 15 is 0 Å². The van der Waals surface area contributed by atoms with E-state index in [9.17, 15) is 18.4 Å². The topological polar surface area (TPSA) is 84.4 Å². The molecular weight excluding hydrogens is 382 g/mol. The highest BCUT2D eigenvalue weighted by molar-refractivity contribution is 5.96. The van der Waals surface area contributed by atoms with Gasteiger partial charge in [0.2, 0.25) is 0 Å². The van der Waals surface area contributed by atoms with Gasteiger partial charge in [-0.1, -0.05) is 19.8 Å². The van der Waals surface area contributed by atoms with E-state index in [0.29, 0.717) is 31.3 Å². The Morgan fingerprint density at radius 2 is 1.97 bits per heavy atom. The maximum Gasteiger partial charge on any atom is 0.282 e. The number of alkyl halides is 2. The lowest BCUT2D eigenvalue weighted by molar-refractivity contribution is -0.120. The lowest BCUT2D eigenvalue weighted by Gasteiger charge is -2.39. The molecule has 1 aromatic rings. The summed E-state index contributed by atoms with van der Waals surface area (Å²) in [6, 6.07) is -0.536. The lowest BCUT2D eigenvalue weighted by atomic mass is 10.0. The van der Waals surface area contributed by atoms with Gasteiger partial charge in [-0.15, -0.1) is 0 Å². The van der Waals surface area contributed by atoms with Crippen LogP contribution in [0, 0.1) is 11.8 Å². The summed E-state index contributed by atoms with van der Waals surface area (Å²) in [5, 5.41) is 2.77. The summed E-state index contributed by atoms with van der Waals surface area (Å²) >= 11 is 0. The fraction of sp³-hybridized carbons (Fsp3) is 0.700. The fourth-order valence-electron chi connectivity index (χ4n) is 3.37. The van der Waals surface area contributed by atoms with Crippen LogP contribution in [0.15, 0.2) is 6.20 Å². The third-order valence-electron chi connectivity index (χ3n) is 5.56. The van der Waals surface area contributed by atoms with Crippen molar-refractivity contribution in [3.05, 3.63) is 11.9 Å². The van der Waals surface area contributed by atoms with Gasteiger partial charge in [0.15, 0.2) is 17.3 Å². The van der Waals surface area contributed by atoms with Gasteiger partial charge in [0.1, 0.15) is 0 Å². The van der Waals surface area contributed by atoms with Crippen molar-refractivity contribution in [3.8, 4) is 5.88 Å². The first-order chi connectivity index (χ1) is 13.8. The van der Waals surface area contributed by atoms with E-state index < -0.39 is 31.0 Å². The molecule has 2 heterocycles. The number of aromatic nitrogens is 2. The van der Waals surface area contributed by atoms with Gasteiger partial charge >= 0.3 is 0 Å². The van der Waals surface area contributed by atoms with Crippen LogP contribution >= 0.6 is 0 Å². The highest BCUT2D eigenvalue weighted by Crippen LogP contribution is 2.37. The van der Waals surface area contributed by atoms with Crippen LogP contribution in [0.25, 0.3) is 0 Å². The number of nitrogens with zero attached hydrogens (tertiary/aromatic N) is 3. The molecule has 0 spiro atoms. The van der Waals surface area contributed by atoms with Crippen molar-refractivity contribution in [1.82, 2.24) is 15.3 Å². The second-order valence-corrected chi connectivity index (χ2v) is 8.38. The molecule has 1 atom stereocenters. The van der Waals surface area contributed by atoms with Crippen LogP contribution in [0.2, 0.25) is 0 Å².